The molecular weight excluding hydrogens is 358 g/mol. The molecule has 2 heterocycles. The lowest BCUT2D eigenvalue weighted by atomic mass is 9.80. The Morgan fingerprint density at radius 2 is 1.82 bits per heavy atom. The number of hydrogen-bond acceptors (Lipinski definition) is 5. The average molecular weight is 387 g/mol. The van der Waals surface area contributed by atoms with E-state index in [0.717, 1.165) is 42.5 Å². The van der Waals surface area contributed by atoms with Gasteiger partial charge in [-0.3, -0.25) is 18.7 Å². The molecule has 1 N–H and O–H groups in total. The third-order valence-electron chi connectivity index (χ3n) is 5.80. The van der Waals surface area contributed by atoms with Crippen LogP contribution in [0.15, 0.2) is 21.7 Å². The molecule has 0 saturated heterocycles. The number of fused-ring (bicyclic) bond motifs is 1. The fraction of sp³-hybridized carbons (Fsp3) is 0.600. The molecule has 8 heteroatoms. The second kappa shape index (κ2) is 8.26. The molecule has 152 valence electrons. The number of amides is 1. The van der Waals surface area contributed by atoms with Crippen LogP contribution in [-0.4, -0.2) is 52.1 Å². The first-order chi connectivity index (χ1) is 13.3. The number of aryl methyl sites for hydroxylation is 1. The summed E-state index contributed by atoms with van der Waals surface area (Å²) < 4.78 is 2.56. The summed E-state index contributed by atoms with van der Waals surface area (Å²) in [5, 5.41) is 3.73. The van der Waals surface area contributed by atoms with Gasteiger partial charge in [0.05, 0.1) is 11.9 Å². The SMILES string of the molecule is CN(C)C(=O)CNCC1CCC(c2ccc3c(=O)n(C)c(=O)n(C)c3n2)CC1. The molecule has 2 aromatic rings. The predicted octanol–water partition coefficient (Wildman–Crippen LogP) is 0.584. The zero-order valence-electron chi connectivity index (χ0n) is 17.1. The number of aromatic nitrogens is 3. The summed E-state index contributed by atoms with van der Waals surface area (Å²) in [4.78, 5) is 42.4. The van der Waals surface area contributed by atoms with Crippen LogP contribution in [0.25, 0.3) is 11.0 Å². The first kappa shape index (κ1) is 20.3. The van der Waals surface area contributed by atoms with Gasteiger partial charge in [-0.2, -0.15) is 0 Å². The van der Waals surface area contributed by atoms with Crippen molar-refractivity contribution in [1.29, 1.82) is 0 Å². The van der Waals surface area contributed by atoms with Gasteiger partial charge in [-0.05, 0) is 50.3 Å². The molecule has 28 heavy (non-hydrogen) atoms. The quantitative estimate of drug-likeness (QED) is 0.811. The first-order valence-corrected chi connectivity index (χ1v) is 9.77. The summed E-state index contributed by atoms with van der Waals surface area (Å²) in [7, 11) is 6.66. The molecule has 0 atom stereocenters. The van der Waals surface area contributed by atoms with Gasteiger partial charge in [0.2, 0.25) is 5.91 Å². The Kier molecular flexibility index (Phi) is 5.98. The van der Waals surface area contributed by atoms with Crippen LogP contribution in [0, 0.1) is 5.92 Å². The lowest BCUT2D eigenvalue weighted by Crippen LogP contribution is -2.37. The van der Waals surface area contributed by atoms with E-state index in [2.05, 4.69) is 10.3 Å². The van der Waals surface area contributed by atoms with Gasteiger partial charge in [-0.1, -0.05) is 0 Å². The standard InChI is InChI=1S/C20H29N5O3/c1-23(2)17(26)12-21-11-13-5-7-14(8-6-13)16-10-9-15-18(22-16)24(3)20(28)25(4)19(15)27/h9-10,13-14,21H,5-8,11-12H2,1-4H3. The third kappa shape index (κ3) is 4.01. The van der Waals surface area contributed by atoms with Gasteiger partial charge in [0.25, 0.3) is 5.56 Å². The molecule has 3 rings (SSSR count). The molecule has 1 fully saturated rings. The lowest BCUT2D eigenvalue weighted by Gasteiger charge is -2.28. The first-order valence-electron chi connectivity index (χ1n) is 9.77. The number of pyridine rings is 1. The minimum Gasteiger partial charge on any atom is -0.348 e. The van der Waals surface area contributed by atoms with E-state index in [1.165, 1.54) is 11.6 Å². The Morgan fingerprint density at radius 3 is 2.46 bits per heavy atom. The summed E-state index contributed by atoms with van der Waals surface area (Å²) >= 11 is 0. The maximum Gasteiger partial charge on any atom is 0.332 e. The Hall–Kier alpha value is -2.48. The highest BCUT2D eigenvalue weighted by molar-refractivity contribution is 5.77. The van der Waals surface area contributed by atoms with Crippen molar-refractivity contribution in [3.63, 3.8) is 0 Å². The Balaban J connectivity index is 1.66. The monoisotopic (exact) mass is 387 g/mol. The zero-order valence-corrected chi connectivity index (χ0v) is 17.1. The van der Waals surface area contributed by atoms with Crippen molar-refractivity contribution in [2.24, 2.45) is 20.0 Å². The Labute approximate surface area is 164 Å². The van der Waals surface area contributed by atoms with Crippen LogP contribution < -0.4 is 16.6 Å². The van der Waals surface area contributed by atoms with E-state index in [-0.39, 0.29) is 17.2 Å². The maximum absolute atomic E-state index is 12.3. The van der Waals surface area contributed by atoms with Crippen LogP contribution in [0.4, 0.5) is 0 Å². The van der Waals surface area contributed by atoms with Gasteiger partial charge in [0.15, 0.2) is 0 Å². The minimum absolute atomic E-state index is 0.0887. The van der Waals surface area contributed by atoms with E-state index in [9.17, 15) is 14.4 Å². The van der Waals surface area contributed by atoms with Crippen molar-refractivity contribution in [2.75, 3.05) is 27.2 Å². The smallest absolute Gasteiger partial charge is 0.332 e. The highest BCUT2D eigenvalue weighted by atomic mass is 16.2. The van der Waals surface area contributed by atoms with Crippen LogP contribution in [0.3, 0.4) is 0 Å². The second-order valence-corrected chi connectivity index (χ2v) is 7.95. The summed E-state index contributed by atoms with van der Waals surface area (Å²) in [6.07, 6.45) is 4.18. The Bertz CT molecular complexity index is 984. The van der Waals surface area contributed by atoms with E-state index in [1.807, 2.05) is 6.07 Å². The number of nitrogens with zero attached hydrogens (tertiary/aromatic N) is 4. The fourth-order valence-electron chi connectivity index (χ4n) is 3.90. The highest BCUT2D eigenvalue weighted by Crippen LogP contribution is 2.35. The zero-order chi connectivity index (χ0) is 20.4. The predicted molar refractivity (Wildman–Crippen MR) is 108 cm³/mol. The van der Waals surface area contributed by atoms with Crippen LogP contribution in [0.5, 0.6) is 0 Å². The molecule has 1 saturated carbocycles. The number of likely N-dealkylation sites (N-methyl/N-ethyl adjacent to an activating group) is 1. The second-order valence-electron chi connectivity index (χ2n) is 7.95. The van der Waals surface area contributed by atoms with Gasteiger partial charge in [-0.25, -0.2) is 9.78 Å². The number of nitrogens with one attached hydrogen (secondary N) is 1. The molecule has 0 aliphatic heterocycles. The van der Waals surface area contributed by atoms with E-state index in [4.69, 9.17) is 0 Å². The van der Waals surface area contributed by atoms with Crippen molar-refractivity contribution in [3.05, 3.63) is 38.7 Å². The molecule has 2 aromatic heterocycles. The lowest BCUT2D eigenvalue weighted by molar-refractivity contribution is -0.127. The fourth-order valence-corrected chi connectivity index (χ4v) is 3.90. The Morgan fingerprint density at radius 1 is 1.14 bits per heavy atom. The van der Waals surface area contributed by atoms with E-state index in [1.54, 1.807) is 32.1 Å². The van der Waals surface area contributed by atoms with Crippen molar-refractivity contribution in [1.82, 2.24) is 24.3 Å². The van der Waals surface area contributed by atoms with Gasteiger partial charge in [0, 0.05) is 39.8 Å². The third-order valence-corrected chi connectivity index (χ3v) is 5.80. The molecule has 1 amide bonds. The largest absolute Gasteiger partial charge is 0.348 e. The van der Waals surface area contributed by atoms with Crippen molar-refractivity contribution < 1.29 is 4.79 Å². The molecule has 0 bridgehead atoms. The maximum atomic E-state index is 12.3. The van der Waals surface area contributed by atoms with E-state index in [0.29, 0.717) is 29.4 Å². The molecule has 0 aromatic carbocycles. The number of rotatable bonds is 5. The van der Waals surface area contributed by atoms with Crippen LogP contribution >= 0.6 is 0 Å². The highest BCUT2D eigenvalue weighted by Gasteiger charge is 2.24. The summed E-state index contributed by atoms with van der Waals surface area (Å²) in [5.41, 5.74) is 0.741. The van der Waals surface area contributed by atoms with E-state index >= 15 is 0 Å². The topological polar surface area (TPSA) is 89.2 Å². The van der Waals surface area contributed by atoms with Crippen LogP contribution in [0.2, 0.25) is 0 Å². The van der Waals surface area contributed by atoms with Gasteiger partial charge >= 0.3 is 5.69 Å². The molecule has 8 nitrogen and oxygen atoms in total. The van der Waals surface area contributed by atoms with E-state index < -0.39 is 0 Å². The molecule has 0 unspecified atom stereocenters. The average Bonchev–Trinajstić information content (AvgIpc) is 2.70. The minimum atomic E-state index is -0.357. The van der Waals surface area contributed by atoms with Crippen LogP contribution in [0.1, 0.15) is 37.3 Å². The van der Waals surface area contributed by atoms with Gasteiger partial charge in [-0.15, -0.1) is 0 Å². The number of carbonyl (C=O) groups excluding carboxylic acids is 1. The molecule has 0 spiro atoms. The van der Waals surface area contributed by atoms with Crippen LogP contribution in [-0.2, 0) is 18.9 Å². The summed E-state index contributed by atoms with van der Waals surface area (Å²) in [6.45, 7) is 1.23. The molecular formula is C20H29N5O3. The summed E-state index contributed by atoms with van der Waals surface area (Å²) in [5.74, 6) is 0.984. The van der Waals surface area contributed by atoms with Gasteiger partial charge in [0.1, 0.15) is 5.65 Å². The van der Waals surface area contributed by atoms with Gasteiger partial charge < -0.3 is 10.2 Å². The van der Waals surface area contributed by atoms with Crippen molar-refractivity contribution in [2.45, 2.75) is 31.6 Å². The number of carbonyl (C=O) groups is 1. The van der Waals surface area contributed by atoms with Crippen molar-refractivity contribution >= 4 is 16.9 Å². The molecule has 1 aliphatic rings. The molecule has 0 radical (unpaired) electrons. The number of hydrogen-bond donors (Lipinski definition) is 1. The normalized spacial score (nSPS) is 19.7. The van der Waals surface area contributed by atoms with Crippen molar-refractivity contribution in [3.8, 4) is 0 Å². The molecule has 1 aliphatic carbocycles. The summed E-state index contributed by atoms with van der Waals surface area (Å²) in [6, 6.07) is 3.72.